The number of fused-ring (bicyclic) bond motifs is 1. The number of carbonyl (C=O) groups excluding carboxylic acids is 1. The summed E-state index contributed by atoms with van der Waals surface area (Å²) in [5.74, 6) is 2.20. The topological polar surface area (TPSA) is 82.8 Å². The molecule has 0 spiro atoms. The van der Waals surface area contributed by atoms with E-state index in [9.17, 15) is 4.79 Å². The van der Waals surface area contributed by atoms with Gasteiger partial charge in [0.15, 0.2) is 29.3 Å². The van der Waals surface area contributed by atoms with Crippen LogP contribution in [-0.2, 0) is 6.54 Å². The minimum absolute atomic E-state index is 0.218. The molecule has 26 heavy (non-hydrogen) atoms. The summed E-state index contributed by atoms with van der Waals surface area (Å²) in [4.78, 5) is 16.6. The smallest absolute Gasteiger partial charge is 0.274 e. The lowest BCUT2D eigenvalue weighted by Gasteiger charge is -2.06. The summed E-state index contributed by atoms with van der Waals surface area (Å²) in [5, 5.41) is 2.84. The molecular formula is C19H16N2O5. The first-order valence-electron chi connectivity index (χ1n) is 7.99. The van der Waals surface area contributed by atoms with Crippen molar-refractivity contribution in [2.45, 2.75) is 6.54 Å². The largest absolute Gasteiger partial charge is 0.497 e. The molecule has 0 aliphatic carbocycles. The van der Waals surface area contributed by atoms with E-state index in [-0.39, 0.29) is 18.4 Å². The molecular weight excluding hydrogens is 336 g/mol. The highest BCUT2D eigenvalue weighted by Gasteiger charge is 2.19. The number of nitrogens with one attached hydrogen (secondary N) is 1. The zero-order chi connectivity index (χ0) is 17.9. The number of hydrogen-bond donors (Lipinski definition) is 1. The van der Waals surface area contributed by atoms with E-state index in [1.807, 2.05) is 30.3 Å². The normalized spacial score (nSPS) is 12.0. The fourth-order valence-electron chi connectivity index (χ4n) is 2.67. The highest BCUT2D eigenvalue weighted by atomic mass is 16.7. The number of hydrogen-bond acceptors (Lipinski definition) is 6. The third-order valence-electron chi connectivity index (χ3n) is 4.02. The molecule has 3 aromatic rings. The minimum atomic E-state index is -0.317. The summed E-state index contributed by atoms with van der Waals surface area (Å²) < 4.78 is 21.2. The molecule has 0 bridgehead atoms. The molecule has 0 unspecified atom stereocenters. The van der Waals surface area contributed by atoms with E-state index >= 15 is 0 Å². The molecule has 1 amide bonds. The van der Waals surface area contributed by atoms with Crippen LogP contribution in [0.25, 0.3) is 11.3 Å². The van der Waals surface area contributed by atoms with Crippen LogP contribution in [0.4, 0.5) is 0 Å². The predicted octanol–water partition coefficient (Wildman–Crippen LogP) is 3.01. The number of methoxy groups -OCH3 is 1. The van der Waals surface area contributed by atoms with Crippen molar-refractivity contribution >= 4 is 5.91 Å². The van der Waals surface area contributed by atoms with Crippen molar-refractivity contribution in [3.8, 4) is 28.6 Å². The number of rotatable bonds is 5. The van der Waals surface area contributed by atoms with Gasteiger partial charge >= 0.3 is 0 Å². The summed E-state index contributed by atoms with van der Waals surface area (Å²) in [6.45, 7) is 0.555. The van der Waals surface area contributed by atoms with E-state index in [1.165, 1.54) is 6.39 Å². The van der Waals surface area contributed by atoms with Gasteiger partial charge in [-0.1, -0.05) is 6.07 Å². The van der Waals surface area contributed by atoms with E-state index < -0.39 is 0 Å². The van der Waals surface area contributed by atoms with E-state index in [1.54, 1.807) is 19.2 Å². The van der Waals surface area contributed by atoms with Crippen molar-refractivity contribution < 1.29 is 23.4 Å². The quantitative estimate of drug-likeness (QED) is 0.760. The standard InChI is InChI=1S/C19H16N2O5/c1-23-14-5-3-13(4-6-14)18-17(21-10-24-18)19(22)20-9-12-2-7-15-16(8-12)26-11-25-15/h2-8,10H,9,11H2,1H3,(H,20,22). The molecule has 1 N–H and O–H groups in total. The van der Waals surface area contributed by atoms with Gasteiger partial charge in [0.25, 0.3) is 5.91 Å². The summed E-state index contributed by atoms with van der Waals surface area (Å²) >= 11 is 0. The zero-order valence-corrected chi connectivity index (χ0v) is 14.0. The van der Waals surface area contributed by atoms with Crippen LogP contribution in [0.1, 0.15) is 16.1 Å². The molecule has 1 aliphatic rings. The number of amides is 1. The van der Waals surface area contributed by atoms with Crippen molar-refractivity contribution in [2.24, 2.45) is 0 Å². The van der Waals surface area contributed by atoms with Crippen LogP contribution in [0.3, 0.4) is 0 Å². The van der Waals surface area contributed by atoms with Gasteiger partial charge in [-0.05, 0) is 42.0 Å². The van der Waals surface area contributed by atoms with E-state index in [2.05, 4.69) is 10.3 Å². The number of carbonyl (C=O) groups is 1. The zero-order valence-electron chi connectivity index (χ0n) is 14.0. The Labute approximate surface area is 149 Å². The summed E-state index contributed by atoms with van der Waals surface area (Å²) in [6.07, 6.45) is 1.26. The van der Waals surface area contributed by atoms with Crippen molar-refractivity contribution in [1.82, 2.24) is 10.3 Å². The Morgan fingerprint density at radius 1 is 1.15 bits per heavy atom. The molecule has 0 fully saturated rings. The Morgan fingerprint density at radius 3 is 2.77 bits per heavy atom. The fourth-order valence-corrected chi connectivity index (χ4v) is 2.67. The molecule has 0 radical (unpaired) electrons. The Morgan fingerprint density at radius 2 is 1.96 bits per heavy atom. The first kappa shape index (κ1) is 16.0. The molecule has 2 aromatic carbocycles. The van der Waals surface area contributed by atoms with Crippen LogP contribution < -0.4 is 19.5 Å². The average molecular weight is 352 g/mol. The Hall–Kier alpha value is -3.48. The first-order valence-corrected chi connectivity index (χ1v) is 7.99. The molecule has 1 aromatic heterocycles. The second-order valence-electron chi connectivity index (χ2n) is 5.63. The van der Waals surface area contributed by atoms with E-state index in [0.717, 1.165) is 16.9 Å². The van der Waals surface area contributed by atoms with Gasteiger partial charge in [0, 0.05) is 12.1 Å². The highest BCUT2D eigenvalue weighted by Crippen LogP contribution is 2.32. The van der Waals surface area contributed by atoms with Gasteiger partial charge in [0.1, 0.15) is 5.75 Å². The van der Waals surface area contributed by atoms with Crippen LogP contribution in [-0.4, -0.2) is 24.8 Å². The molecule has 1 aliphatic heterocycles. The monoisotopic (exact) mass is 352 g/mol. The number of ether oxygens (including phenoxy) is 3. The average Bonchev–Trinajstić information content (AvgIpc) is 3.35. The molecule has 7 nitrogen and oxygen atoms in total. The van der Waals surface area contributed by atoms with Crippen LogP contribution >= 0.6 is 0 Å². The van der Waals surface area contributed by atoms with Crippen LogP contribution in [0.2, 0.25) is 0 Å². The number of nitrogens with zero attached hydrogens (tertiary/aromatic N) is 1. The van der Waals surface area contributed by atoms with Crippen LogP contribution in [0.5, 0.6) is 17.2 Å². The van der Waals surface area contributed by atoms with Crippen molar-refractivity contribution in [3.05, 3.63) is 60.1 Å². The van der Waals surface area contributed by atoms with Gasteiger partial charge in [0.05, 0.1) is 7.11 Å². The van der Waals surface area contributed by atoms with Gasteiger partial charge < -0.3 is 23.9 Å². The minimum Gasteiger partial charge on any atom is -0.497 e. The second-order valence-corrected chi connectivity index (χ2v) is 5.63. The van der Waals surface area contributed by atoms with Crippen LogP contribution in [0, 0.1) is 0 Å². The lowest BCUT2D eigenvalue weighted by atomic mass is 10.1. The maximum absolute atomic E-state index is 12.5. The van der Waals surface area contributed by atoms with Crippen molar-refractivity contribution in [1.29, 1.82) is 0 Å². The first-order chi connectivity index (χ1) is 12.7. The van der Waals surface area contributed by atoms with Crippen molar-refractivity contribution in [3.63, 3.8) is 0 Å². The van der Waals surface area contributed by atoms with Gasteiger partial charge in [-0.2, -0.15) is 0 Å². The van der Waals surface area contributed by atoms with E-state index in [0.29, 0.717) is 23.8 Å². The number of benzene rings is 2. The Balaban J connectivity index is 1.48. The molecule has 4 rings (SSSR count). The lowest BCUT2D eigenvalue weighted by molar-refractivity contribution is 0.0946. The summed E-state index contributed by atoms with van der Waals surface area (Å²) in [5.41, 5.74) is 1.88. The van der Waals surface area contributed by atoms with Gasteiger partial charge in [-0.3, -0.25) is 4.79 Å². The Bertz CT molecular complexity index is 933. The van der Waals surface area contributed by atoms with Gasteiger partial charge in [0.2, 0.25) is 6.79 Å². The maximum atomic E-state index is 12.5. The maximum Gasteiger partial charge on any atom is 0.274 e. The molecule has 0 saturated carbocycles. The lowest BCUT2D eigenvalue weighted by Crippen LogP contribution is -2.23. The highest BCUT2D eigenvalue weighted by molar-refractivity contribution is 5.97. The number of aromatic nitrogens is 1. The number of oxazole rings is 1. The molecule has 0 atom stereocenters. The Kier molecular flexibility index (Phi) is 4.18. The second kappa shape index (κ2) is 6.79. The molecule has 132 valence electrons. The summed E-state index contributed by atoms with van der Waals surface area (Å²) in [6, 6.07) is 12.8. The third kappa shape index (κ3) is 3.06. The molecule has 7 heteroatoms. The third-order valence-corrected chi connectivity index (χ3v) is 4.02. The molecule has 0 saturated heterocycles. The van der Waals surface area contributed by atoms with Gasteiger partial charge in [-0.25, -0.2) is 4.98 Å². The fraction of sp³-hybridized carbons (Fsp3) is 0.158. The SMILES string of the molecule is COc1ccc(-c2ocnc2C(=O)NCc2ccc3c(c2)OCO3)cc1. The molecule has 2 heterocycles. The summed E-state index contributed by atoms with van der Waals surface area (Å²) in [7, 11) is 1.60. The van der Waals surface area contributed by atoms with E-state index in [4.69, 9.17) is 18.6 Å². The predicted molar refractivity (Wildman–Crippen MR) is 92.2 cm³/mol. The van der Waals surface area contributed by atoms with Gasteiger partial charge in [-0.15, -0.1) is 0 Å². The van der Waals surface area contributed by atoms with Crippen LogP contribution in [0.15, 0.2) is 53.3 Å². The van der Waals surface area contributed by atoms with Crippen molar-refractivity contribution in [2.75, 3.05) is 13.9 Å².